The van der Waals surface area contributed by atoms with Gasteiger partial charge < -0.3 is 15.3 Å². The van der Waals surface area contributed by atoms with Gasteiger partial charge in [-0.05, 0) is 12.5 Å². The Hall–Kier alpha value is -2.11. The second-order valence-electron chi connectivity index (χ2n) is 4.45. The monoisotopic (exact) mass is 248 g/mol. The highest BCUT2D eigenvalue weighted by atomic mass is 16.4. The molecule has 1 aromatic heterocycles. The smallest absolute Gasteiger partial charge is 0.310 e. The van der Waals surface area contributed by atoms with Gasteiger partial charge in [0.15, 0.2) is 0 Å². The molecule has 0 saturated heterocycles. The highest BCUT2D eigenvalue weighted by Gasteiger charge is 2.24. The summed E-state index contributed by atoms with van der Waals surface area (Å²) in [5.41, 5.74) is 0. The molecule has 96 valence electrons. The third kappa shape index (κ3) is 2.77. The van der Waals surface area contributed by atoms with Crippen molar-refractivity contribution in [1.29, 1.82) is 0 Å². The van der Waals surface area contributed by atoms with Gasteiger partial charge in [-0.15, -0.1) is 0 Å². The Kier molecular flexibility index (Phi) is 3.45. The van der Waals surface area contributed by atoms with Crippen LogP contribution >= 0.6 is 0 Å². The molecule has 2 unspecified atom stereocenters. The molecule has 0 radical (unpaired) electrons. The van der Waals surface area contributed by atoms with E-state index in [1.807, 2.05) is 25.1 Å². The third-order valence-corrected chi connectivity index (χ3v) is 2.78. The molecule has 6 nitrogen and oxygen atoms in total. The van der Waals surface area contributed by atoms with Gasteiger partial charge in [0, 0.05) is 26.3 Å². The zero-order valence-electron chi connectivity index (χ0n) is 10.4. The van der Waals surface area contributed by atoms with Crippen LogP contribution in [0, 0.1) is 5.92 Å². The number of carboxylic acid groups (broad SMARTS) is 1. The van der Waals surface area contributed by atoms with Crippen molar-refractivity contribution in [3.05, 3.63) is 24.4 Å². The molecule has 0 saturated carbocycles. The van der Waals surface area contributed by atoms with Gasteiger partial charge in [-0.3, -0.25) is 4.79 Å². The summed E-state index contributed by atoms with van der Waals surface area (Å²) >= 11 is 0. The molecule has 0 bridgehead atoms. The van der Waals surface area contributed by atoms with Crippen molar-refractivity contribution >= 4 is 17.7 Å². The average molecular weight is 248 g/mol. The van der Waals surface area contributed by atoms with Crippen LogP contribution in [0.3, 0.4) is 0 Å². The molecule has 1 heterocycles. The SMILES string of the molecule is CN(C)c1nccc(NC2C=CC(C(=O)O)C2)n1. The van der Waals surface area contributed by atoms with Crippen molar-refractivity contribution < 1.29 is 9.90 Å². The fraction of sp³-hybridized carbons (Fsp3) is 0.417. The highest BCUT2D eigenvalue weighted by molar-refractivity contribution is 5.73. The molecular formula is C12H16N4O2. The standard InChI is InChI=1S/C12H16N4O2/c1-16(2)12-13-6-5-10(15-12)14-9-4-3-8(7-9)11(17)18/h3-6,8-9H,7H2,1-2H3,(H,17,18)(H,13,14,15). The Morgan fingerprint density at radius 1 is 1.50 bits per heavy atom. The largest absolute Gasteiger partial charge is 0.481 e. The third-order valence-electron chi connectivity index (χ3n) is 2.78. The van der Waals surface area contributed by atoms with Crippen LogP contribution in [-0.2, 0) is 4.79 Å². The summed E-state index contributed by atoms with van der Waals surface area (Å²) in [6.45, 7) is 0. The van der Waals surface area contributed by atoms with E-state index in [0.717, 1.165) is 0 Å². The number of nitrogens with one attached hydrogen (secondary N) is 1. The number of carbonyl (C=O) groups is 1. The first-order valence-corrected chi connectivity index (χ1v) is 5.74. The van der Waals surface area contributed by atoms with Crippen LogP contribution < -0.4 is 10.2 Å². The van der Waals surface area contributed by atoms with Crippen LogP contribution in [-0.4, -0.2) is 41.2 Å². The van der Waals surface area contributed by atoms with Crippen molar-refractivity contribution in [1.82, 2.24) is 9.97 Å². The average Bonchev–Trinajstić information content (AvgIpc) is 2.78. The van der Waals surface area contributed by atoms with Crippen molar-refractivity contribution in [3.63, 3.8) is 0 Å². The minimum atomic E-state index is -0.785. The number of hydrogen-bond acceptors (Lipinski definition) is 5. The molecule has 0 fully saturated rings. The zero-order valence-corrected chi connectivity index (χ0v) is 10.4. The van der Waals surface area contributed by atoms with Gasteiger partial charge in [0.25, 0.3) is 0 Å². The lowest BCUT2D eigenvalue weighted by atomic mass is 10.1. The van der Waals surface area contributed by atoms with E-state index in [1.54, 1.807) is 18.3 Å². The Morgan fingerprint density at radius 3 is 2.89 bits per heavy atom. The molecule has 1 aliphatic carbocycles. The molecule has 0 aromatic carbocycles. The summed E-state index contributed by atoms with van der Waals surface area (Å²) in [5, 5.41) is 12.1. The van der Waals surface area contributed by atoms with Gasteiger partial charge in [0.2, 0.25) is 5.95 Å². The number of aromatic nitrogens is 2. The van der Waals surface area contributed by atoms with Crippen molar-refractivity contribution in [2.45, 2.75) is 12.5 Å². The van der Waals surface area contributed by atoms with E-state index < -0.39 is 11.9 Å². The Balaban J connectivity index is 2.01. The van der Waals surface area contributed by atoms with E-state index in [2.05, 4.69) is 15.3 Å². The lowest BCUT2D eigenvalue weighted by Crippen LogP contribution is -2.20. The zero-order chi connectivity index (χ0) is 13.1. The number of anilines is 2. The first-order chi connectivity index (χ1) is 8.56. The maximum atomic E-state index is 10.8. The fourth-order valence-electron chi connectivity index (χ4n) is 1.82. The first-order valence-electron chi connectivity index (χ1n) is 5.74. The quantitative estimate of drug-likeness (QED) is 0.773. The summed E-state index contributed by atoms with van der Waals surface area (Å²) in [7, 11) is 3.74. The molecule has 0 spiro atoms. The molecule has 18 heavy (non-hydrogen) atoms. The van der Waals surface area contributed by atoms with Crippen LogP contribution in [0.25, 0.3) is 0 Å². The lowest BCUT2D eigenvalue weighted by molar-refractivity contribution is -0.140. The number of hydrogen-bond donors (Lipinski definition) is 2. The predicted octanol–water partition coefficient (Wildman–Crippen LogP) is 0.984. The van der Waals surface area contributed by atoms with Gasteiger partial charge in [0.05, 0.1) is 5.92 Å². The summed E-state index contributed by atoms with van der Waals surface area (Å²) in [4.78, 5) is 21.1. The van der Waals surface area contributed by atoms with Crippen LogP contribution in [0.5, 0.6) is 0 Å². The summed E-state index contributed by atoms with van der Waals surface area (Å²) in [6, 6.07) is 1.78. The number of nitrogens with zero attached hydrogens (tertiary/aromatic N) is 3. The maximum Gasteiger partial charge on any atom is 0.310 e. The van der Waals surface area contributed by atoms with Gasteiger partial charge in [-0.1, -0.05) is 12.2 Å². The van der Waals surface area contributed by atoms with Gasteiger partial charge in [-0.2, -0.15) is 4.98 Å². The number of carboxylic acids is 1. The van der Waals surface area contributed by atoms with Crippen LogP contribution in [0.15, 0.2) is 24.4 Å². The minimum absolute atomic E-state index is 0.0102. The molecule has 0 amide bonds. The Morgan fingerprint density at radius 2 is 2.28 bits per heavy atom. The molecule has 2 atom stereocenters. The van der Waals surface area contributed by atoms with Gasteiger partial charge in [0.1, 0.15) is 5.82 Å². The summed E-state index contributed by atoms with van der Waals surface area (Å²) in [5.74, 6) is 0.135. The van der Waals surface area contributed by atoms with E-state index in [0.29, 0.717) is 18.2 Å². The predicted molar refractivity (Wildman–Crippen MR) is 68.7 cm³/mol. The first kappa shape index (κ1) is 12.3. The van der Waals surface area contributed by atoms with E-state index >= 15 is 0 Å². The maximum absolute atomic E-state index is 10.8. The molecular weight excluding hydrogens is 232 g/mol. The van der Waals surface area contributed by atoms with Crippen LogP contribution in [0.2, 0.25) is 0 Å². The van der Waals surface area contributed by atoms with Crippen LogP contribution in [0.1, 0.15) is 6.42 Å². The van der Waals surface area contributed by atoms with Crippen molar-refractivity contribution in [2.75, 3.05) is 24.3 Å². The van der Waals surface area contributed by atoms with E-state index in [9.17, 15) is 4.79 Å². The summed E-state index contributed by atoms with van der Waals surface area (Å²) in [6.07, 6.45) is 5.82. The second kappa shape index (κ2) is 5.03. The molecule has 6 heteroatoms. The van der Waals surface area contributed by atoms with E-state index in [-0.39, 0.29) is 6.04 Å². The second-order valence-corrected chi connectivity index (χ2v) is 4.45. The highest BCUT2D eigenvalue weighted by Crippen LogP contribution is 2.21. The van der Waals surface area contributed by atoms with Crippen molar-refractivity contribution in [3.8, 4) is 0 Å². The van der Waals surface area contributed by atoms with Crippen molar-refractivity contribution in [2.24, 2.45) is 5.92 Å². The van der Waals surface area contributed by atoms with Crippen LogP contribution in [0.4, 0.5) is 11.8 Å². The molecule has 1 aliphatic rings. The fourth-order valence-corrected chi connectivity index (χ4v) is 1.82. The van der Waals surface area contributed by atoms with Gasteiger partial charge >= 0.3 is 5.97 Å². The minimum Gasteiger partial charge on any atom is -0.481 e. The Bertz CT molecular complexity index is 473. The normalized spacial score (nSPS) is 21.9. The lowest BCUT2D eigenvalue weighted by Gasteiger charge is -2.15. The summed E-state index contributed by atoms with van der Waals surface area (Å²) < 4.78 is 0. The Labute approximate surface area is 105 Å². The molecule has 0 aliphatic heterocycles. The topological polar surface area (TPSA) is 78.4 Å². The van der Waals surface area contributed by atoms with Gasteiger partial charge in [-0.25, -0.2) is 4.98 Å². The molecule has 1 aromatic rings. The van der Waals surface area contributed by atoms with E-state index in [1.165, 1.54) is 0 Å². The molecule has 2 N–H and O–H groups in total. The van der Waals surface area contributed by atoms with E-state index in [4.69, 9.17) is 5.11 Å². The molecule has 2 rings (SSSR count). The number of aliphatic carboxylic acids is 1. The number of rotatable bonds is 4.